The number of nitrogens with two attached hydrogens (primary N) is 1. The van der Waals surface area contributed by atoms with Gasteiger partial charge in [0.05, 0.1) is 16.3 Å². The Bertz CT molecular complexity index is 716. The summed E-state index contributed by atoms with van der Waals surface area (Å²) in [6, 6.07) is 10.4. The monoisotopic (exact) mass is 343 g/mol. The molecule has 0 saturated heterocycles. The number of rotatable bonds is 3. The van der Waals surface area contributed by atoms with Crippen LogP contribution in [0.1, 0.15) is 5.56 Å². The summed E-state index contributed by atoms with van der Waals surface area (Å²) in [6.07, 6.45) is 0. The second-order valence-electron chi connectivity index (χ2n) is 4.07. The van der Waals surface area contributed by atoms with Gasteiger partial charge in [-0.15, -0.1) is 0 Å². The standard InChI is InChI=1S/C13H11BrFNO2S/c14-10-2-1-3-11(7-10)19(17,18)8-9-4-5-13(16)12(15)6-9/h1-7H,8,16H2. The molecule has 2 aromatic rings. The van der Waals surface area contributed by atoms with Crippen molar-refractivity contribution in [2.24, 2.45) is 0 Å². The van der Waals surface area contributed by atoms with Gasteiger partial charge in [-0.05, 0) is 35.9 Å². The molecule has 100 valence electrons. The molecule has 0 amide bonds. The summed E-state index contributed by atoms with van der Waals surface area (Å²) in [4.78, 5) is 0.194. The molecule has 0 radical (unpaired) electrons. The molecular formula is C13H11BrFNO2S. The molecule has 0 aliphatic heterocycles. The maximum atomic E-state index is 13.3. The Balaban J connectivity index is 2.33. The predicted molar refractivity (Wildman–Crippen MR) is 75.8 cm³/mol. The van der Waals surface area contributed by atoms with Crippen LogP contribution in [-0.4, -0.2) is 8.42 Å². The van der Waals surface area contributed by atoms with Crippen molar-refractivity contribution < 1.29 is 12.8 Å². The van der Waals surface area contributed by atoms with E-state index < -0.39 is 15.7 Å². The van der Waals surface area contributed by atoms with Crippen molar-refractivity contribution in [2.75, 3.05) is 5.73 Å². The second-order valence-corrected chi connectivity index (χ2v) is 6.98. The lowest BCUT2D eigenvalue weighted by molar-refractivity contribution is 0.594. The second kappa shape index (κ2) is 5.30. The molecule has 2 aromatic carbocycles. The Kier molecular flexibility index (Phi) is 3.91. The Morgan fingerprint density at radius 2 is 1.89 bits per heavy atom. The third kappa shape index (κ3) is 3.33. The minimum absolute atomic E-state index is 0.00334. The van der Waals surface area contributed by atoms with E-state index in [9.17, 15) is 12.8 Å². The Morgan fingerprint density at radius 1 is 1.16 bits per heavy atom. The lowest BCUT2D eigenvalue weighted by Gasteiger charge is -2.06. The van der Waals surface area contributed by atoms with Crippen molar-refractivity contribution >= 4 is 31.5 Å². The maximum Gasteiger partial charge on any atom is 0.182 e. The lowest BCUT2D eigenvalue weighted by atomic mass is 10.2. The molecular weight excluding hydrogens is 333 g/mol. The van der Waals surface area contributed by atoms with Gasteiger partial charge < -0.3 is 5.73 Å². The molecule has 0 unspecified atom stereocenters. The normalized spacial score (nSPS) is 11.5. The zero-order chi connectivity index (χ0) is 14.0. The summed E-state index contributed by atoms with van der Waals surface area (Å²) in [5.41, 5.74) is 5.72. The van der Waals surface area contributed by atoms with Gasteiger partial charge in [-0.1, -0.05) is 28.1 Å². The highest BCUT2D eigenvalue weighted by atomic mass is 79.9. The maximum absolute atomic E-state index is 13.3. The fraction of sp³-hybridized carbons (Fsp3) is 0.0769. The summed E-state index contributed by atoms with van der Waals surface area (Å²) in [6.45, 7) is 0. The van der Waals surface area contributed by atoms with Gasteiger partial charge in [0, 0.05) is 4.47 Å². The van der Waals surface area contributed by atoms with Crippen LogP contribution in [0.2, 0.25) is 0 Å². The van der Waals surface area contributed by atoms with Gasteiger partial charge in [0.15, 0.2) is 9.84 Å². The predicted octanol–water partition coefficient (Wildman–Crippen LogP) is 3.14. The SMILES string of the molecule is Nc1ccc(CS(=O)(=O)c2cccc(Br)c2)cc1F. The number of nitrogen functional groups attached to an aromatic ring is 1. The van der Waals surface area contributed by atoms with E-state index in [1.807, 2.05) is 0 Å². The third-order valence-electron chi connectivity index (χ3n) is 2.58. The van der Waals surface area contributed by atoms with Gasteiger partial charge in [0.25, 0.3) is 0 Å². The Hall–Kier alpha value is -1.40. The Morgan fingerprint density at radius 3 is 2.53 bits per heavy atom. The summed E-state index contributed by atoms with van der Waals surface area (Å²) >= 11 is 3.22. The number of hydrogen-bond donors (Lipinski definition) is 1. The molecule has 0 heterocycles. The molecule has 3 nitrogen and oxygen atoms in total. The van der Waals surface area contributed by atoms with Crippen LogP contribution in [0.3, 0.4) is 0 Å². The molecule has 2 rings (SSSR count). The van der Waals surface area contributed by atoms with Crippen molar-refractivity contribution in [2.45, 2.75) is 10.6 Å². The molecule has 0 aromatic heterocycles. The van der Waals surface area contributed by atoms with Crippen LogP contribution in [0.5, 0.6) is 0 Å². The molecule has 2 N–H and O–H groups in total. The van der Waals surface area contributed by atoms with Crippen LogP contribution in [0.25, 0.3) is 0 Å². The van der Waals surface area contributed by atoms with Gasteiger partial charge in [0.1, 0.15) is 5.82 Å². The molecule has 6 heteroatoms. The summed E-state index contributed by atoms with van der Waals surface area (Å²) < 4.78 is 38.3. The molecule has 0 fully saturated rings. The smallest absolute Gasteiger partial charge is 0.182 e. The largest absolute Gasteiger partial charge is 0.396 e. The minimum atomic E-state index is -3.50. The summed E-state index contributed by atoms with van der Waals surface area (Å²) in [5.74, 6) is -0.873. The van der Waals surface area contributed by atoms with Crippen LogP contribution in [0.4, 0.5) is 10.1 Å². The lowest BCUT2D eigenvalue weighted by Crippen LogP contribution is -2.05. The van der Waals surface area contributed by atoms with Crippen LogP contribution >= 0.6 is 15.9 Å². The number of benzene rings is 2. The quantitative estimate of drug-likeness (QED) is 0.871. The third-order valence-corrected chi connectivity index (χ3v) is 4.76. The topological polar surface area (TPSA) is 60.2 Å². The van der Waals surface area contributed by atoms with E-state index in [-0.39, 0.29) is 16.3 Å². The van der Waals surface area contributed by atoms with E-state index in [1.165, 1.54) is 24.3 Å². The van der Waals surface area contributed by atoms with Gasteiger partial charge in [-0.3, -0.25) is 0 Å². The fourth-order valence-electron chi connectivity index (χ4n) is 1.62. The zero-order valence-electron chi connectivity index (χ0n) is 9.81. The van der Waals surface area contributed by atoms with Gasteiger partial charge in [-0.25, -0.2) is 12.8 Å². The van der Waals surface area contributed by atoms with Gasteiger partial charge >= 0.3 is 0 Å². The first kappa shape index (κ1) is 14.0. The Labute approximate surface area is 119 Å². The minimum Gasteiger partial charge on any atom is -0.396 e. The van der Waals surface area contributed by atoms with Crippen LogP contribution in [0, 0.1) is 5.82 Å². The molecule has 0 saturated carbocycles. The molecule has 0 aliphatic rings. The van der Waals surface area contributed by atoms with Crippen molar-refractivity contribution in [3.63, 3.8) is 0 Å². The van der Waals surface area contributed by atoms with Crippen LogP contribution < -0.4 is 5.73 Å². The van der Waals surface area contributed by atoms with Gasteiger partial charge in [-0.2, -0.15) is 0 Å². The highest BCUT2D eigenvalue weighted by Gasteiger charge is 2.16. The highest BCUT2D eigenvalue weighted by Crippen LogP contribution is 2.21. The average molecular weight is 344 g/mol. The average Bonchev–Trinajstić information content (AvgIpc) is 2.33. The van der Waals surface area contributed by atoms with Crippen molar-refractivity contribution in [1.82, 2.24) is 0 Å². The molecule has 0 atom stereocenters. The first-order valence-electron chi connectivity index (χ1n) is 5.41. The zero-order valence-corrected chi connectivity index (χ0v) is 12.2. The number of hydrogen-bond acceptors (Lipinski definition) is 3. The molecule has 0 bridgehead atoms. The van der Waals surface area contributed by atoms with Crippen molar-refractivity contribution in [3.05, 3.63) is 58.3 Å². The molecule has 0 spiro atoms. The van der Waals surface area contributed by atoms with E-state index in [0.29, 0.717) is 10.0 Å². The van der Waals surface area contributed by atoms with Crippen molar-refractivity contribution in [1.29, 1.82) is 0 Å². The molecule has 0 aliphatic carbocycles. The van der Waals surface area contributed by atoms with E-state index in [0.717, 1.165) is 6.07 Å². The highest BCUT2D eigenvalue weighted by molar-refractivity contribution is 9.10. The number of halogens is 2. The summed E-state index contributed by atoms with van der Waals surface area (Å²) in [7, 11) is -3.50. The van der Waals surface area contributed by atoms with E-state index in [4.69, 9.17) is 5.73 Å². The number of sulfone groups is 1. The van der Waals surface area contributed by atoms with Crippen LogP contribution in [0.15, 0.2) is 51.8 Å². The van der Waals surface area contributed by atoms with E-state index in [1.54, 1.807) is 12.1 Å². The summed E-state index contributed by atoms with van der Waals surface area (Å²) in [5, 5.41) is 0. The van der Waals surface area contributed by atoms with Crippen LogP contribution in [-0.2, 0) is 15.6 Å². The van der Waals surface area contributed by atoms with Gasteiger partial charge in [0.2, 0.25) is 0 Å². The first-order chi connectivity index (χ1) is 8.88. The molecule has 19 heavy (non-hydrogen) atoms. The van der Waals surface area contributed by atoms with Crippen molar-refractivity contribution in [3.8, 4) is 0 Å². The van der Waals surface area contributed by atoms with E-state index in [2.05, 4.69) is 15.9 Å². The fourth-order valence-corrected chi connectivity index (χ4v) is 3.55. The first-order valence-corrected chi connectivity index (χ1v) is 7.85. The number of anilines is 1. The van der Waals surface area contributed by atoms with E-state index >= 15 is 0 Å².